The molecular formula is C20H30FIN6O. The van der Waals surface area contributed by atoms with Crippen molar-refractivity contribution in [1.29, 1.82) is 0 Å². The fraction of sp³-hybridized carbons (Fsp3) is 0.500. The lowest BCUT2D eigenvalue weighted by Gasteiger charge is -2.35. The van der Waals surface area contributed by atoms with E-state index in [0.717, 1.165) is 23.6 Å². The second-order valence-electron chi connectivity index (χ2n) is 7.22. The van der Waals surface area contributed by atoms with E-state index >= 15 is 0 Å². The zero-order valence-corrected chi connectivity index (χ0v) is 19.7. The number of aliphatic imine (C=N–C) groups is 1. The topological polar surface area (TPSA) is 57.9 Å². The molecule has 7 nitrogen and oxygen atoms in total. The van der Waals surface area contributed by atoms with Crippen LogP contribution in [0.3, 0.4) is 0 Å². The summed E-state index contributed by atoms with van der Waals surface area (Å²) in [6, 6.07) is 6.78. The Hall–Kier alpha value is -1.72. The zero-order chi connectivity index (χ0) is 20.1. The van der Waals surface area contributed by atoms with Crippen LogP contribution in [0.5, 0.6) is 0 Å². The molecule has 1 aromatic carbocycles. The van der Waals surface area contributed by atoms with Crippen molar-refractivity contribution >= 4 is 29.9 Å². The van der Waals surface area contributed by atoms with Crippen LogP contribution in [0.25, 0.3) is 0 Å². The molecule has 0 saturated carbocycles. The maximum atomic E-state index is 13.7. The highest BCUT2D eigenvalue weighted by Gasteiger charge is 2.26. The summed E-state index contributed by atoms with van der Waals surface area (Å²) in [5.74, 6) is 0.599. The predicted molar refractivity (Wildman–Crippen MR) is 123 cm³/mol. The molecule has 0 radical (unpaired) electrons. The number of ether oxygens (including phenoxy) is 1. The van der Waals surface area contributed by atoms with Crippen LogP contribution in [-0.2, 0) is 11.8 Å². The number of benzene rings is 1. The van der Waals surface area contributed by atoms with Crippen LogP contribution in [-0.4, -0.2) is 72.9 Å². The number of halogens is 2. The molecule has 0 spiro atoms. The standard InChI is InChI=1S/C20H29FN6O.HI/c1-22-20(23-12-18(25(2)3)15-6-5-7-17(21)10-15)27-8-9-28-19(14-27)16-11-24-26(4)13-16;/h5-7,10-11,13,18-19H,8-9,12,14H2,1-4H3,(H,22,23);1H. The van der Waals surface area contributed by atoms with Gasteiger partial charge in [-0.2, -0.15) is 5.10 Å². The molecule has 29 heavy (non-hydrogen) atoms. The number of aryl methyl sites for hydroxylation is 1. The van der Waals surface area contributed by atoms with E-state index in [4.69, 9.17) is 4.74 Å². The van der Waals surface area contributed by atoms with Crippen molar-refractivity contribution in [3.63, 3.8) is 0 Å². The predicted octanol–water partition coefficient (Wildman–Crippen LogP) is 2.43. The first-order chi connectivity index (χ1) is 13.5. The third-order valence-corrected chi connectivity index (χ3v) is 4.98. The Labute approximate surface area is 188 Å². The van der Waals surface area contributed by atoms with E-state index in [2.05, 4.69) is 25.2 Å². The fourth-order valence-corrected chi connectivity index (χ4v) is 3.48. The Morgan fingerprint density at radius 1 is 1.45 bits per heavy atom. The van der Waals surface area contributed by atoms with Gasteiger partial charge in [0.25, 0.3) is 0 Å². The average molecular weight is 516 g/mol. The molecule has 160 valence electrons. The van der Waals surface area contributed by atoms with Crippen molar-refractivity contribution in [3.05, 3.63) is 53.6 Å². The third-order valence-electron chi connectivity index (χ3n) is 4.98. The van der Waals surface area contributed by atoms with Crippen molar-refractivity contribution in [3.8, 4) is 0 Å². The maximum absolute atomic E-state index is 13.7. The van der Waals surface area contributed by atoms with Crippen LogP contribution in [0, 0.1) is 5.82 Å². The minimum absolute atomic E-state index is 0. The normalized spacial score (nSPS) is 18.5. The van der Waals surface area contributed by atoms with Crippen molar-refractivity contribution in [2.75, 3.05) is 47.4 Å². The summed E-state index contributed by atoms with van der Waals surface area (Å²) < 4.78 is 21.4. The number of aromatic nitrogens is 2. The number of nitrogens with zero attached hydrogens (tertiary/aromatic N) is 5. The van der Waals surface area contributed by atoms with Gasteiger partial charge in [0, 0.05) is 38.9 Å². The van der Waals surface area contributed by atoms with Crippen LogP contribution in [0.4, 0.5) is 4.39 Å². The number of morpholine rings is 1. The Morgan fingerprint density at radius 3 is 2.86 bits per heavy atom. The molecule has 2 aromatic rings. The van der Waals surface area contributed by atoms with Gasteiger partial charge in [0.2, 0.25) is 0 Å². The van der Waals surface area contributed by atoms with Gasteiger partial charge in [-0.3, -0.25) is 9.67 Å². The van der Waals surface area contributed by atoms with Crippen molar-refractivity contribution < 1.29 is 9.13 Å². The summed E-state index contributed by atoms with van der Waals surface area (Å²) in [5, 5.41) is 7.69. The van der Waals surface area contributed by atoms with Crippen LogP contribution >= 0.6 is 24.0 Å². The first-order valence-electron chi connectivity index (χ1n) is 9.45. The van der Waals surface area contributed by atoms with Crippen molar-refractivity contribution in [2.45, 2.75) is 12.1 Å². The Morgan fingerprint density at radius 2 is 2.24 bits per heavy atom. The summed E-state index contributed by atoms with van der Waals surface area (Å²) in [6.45, 7) is 2.72. The van der Waals surface area contributed by atoms with Crippen LogP contribution < -0.4 is 5.32 Å². The number of likely N-dealkylation sites (N-methyl/N-ethyl adjacent to an activating group) is 1. The van der Waals surface area contributed by atoms with Gasteiger partial charge in [-0.05, 0) is 31.8 Å². The summed E-state index contributed by atoms with van der Waals surface area (Å²) in [4.78, 5) is 8.72. The van der Waals surface area contributed by atoms with Crippen molar-refractivity contribution in [1.82, 2.24) is 24.9 Å². The quantitative estimate of drug-likeness (QED) is 0.376. The summed E-state index contributed by atoms with van der Waals surface area (Å²) >= 11 is 0. The molecule has 1 N–H and O–H groups in total. The van der Waals surface area contributed by atoms with Gasteiger partial charge in [0.1, 0.15) is 11.9 Å². The van der Waals surface area contributed by atoms with Crippen LogP contribution in [0.15, 0.2) is 41.7 Å². The molecule has 1 aromatic heterocycles. The highest BCUT2D eigenvalue weighted by atomic mass is 127. The molecule has 1 aliphatic rings. The largest absolute Gasteiger partial charge is 0.370 e. The Bertz CT molecular complexity index is 812. The number of hydrogen-bond acceptors (Lipinski definition) is 4. The molecule has 3 rings (SSSR count). The van der Waals surface area contributed by atoms with Gasteiger partial charge in [0.15, 0.2) is 5.96 Å². The first-order valence-corrected chi connectivity index (χ1v) is 9.45. The summed E-state index contributed by atoms with van der Waals surface area (Å²) in [6.07, 6.45) is 3.79. The van der Waals surface area contributed by atoms with E-state index in [0.29, 0.717) is 19.7 Å². The smallest absolute Gasteiger partial charge is 0.193 e. The Balaban J connectivity index is 0.00000300. The summed E-state index contributed by atoms with van der Waals surface area (Å²) in [7, 11) is 7.67. The van der Waals surface area contributed by atoms with Crippen LogP contribution in [0.1, 0.15) is 23.3 Å². The second kappa shape index (κ2) is 10.9. The fourth-order valence-electron chi connectivity index (χ4n) is 3.48. The molecule has 2 atom stereocenters. The number of nitrogens with one attached hydrogen (secondary N) is 1. The van der Waals surface area contributed by atoms with E-state index in [-0.39, 0.29) is 41.9 Å². The molecule has 0 amide bonds. The molecule has 1 saturated heterocycles. The number of rotatable bonds is 5. The minimum Gasteiger partial charge on any atom is -0.370 e. The molecule has 2 heterocycles. The van der Waals surface area contributed by atoms with Gasteiger partial charge in [0.05, 0.1) is 25.4 Å². The van der Waals surface area contributed by atoms with E-state index < -0.39 is 0 Å². The summed E-state index contributed by atoms with van der Waals surface area (Å²) in [5.41, 5.74) is 2.00. The first kappa shape index (κ1) is 23.6. The average Bonchev–Trinajstić information content (AvgIpc) is 3.11. The highest BCUT2D eigenvalue weighted by molar-refractivity contribution is 14.0. The van der Waals surface area contributed by atoms with Gasteiger partial charge in [-0.25, -0.2) is 4.39 Å². The molecule has 0 aliphatic carbocycles. The van der Waals surface area contributed by atoms with Crippen LogP contribution in [0.2, 0.25) is 0 Å². The maximum Gasteiger partial charge on any atom is 0.193 e. The lowest BCUT2D eigenvalue weighted by Crippen LogP contribution is -2.49. The zero-order valence-electron chi connectivity index (χ0n) is 17.4. The molecule has 9 heteroatoms. The monoisotopic (exact) mass is 516 g/mol. The molecular weight excluding hydrogens is 486 g/mol. The lowest BCUT2D eigenvalue weighted by molar-refractivity contribution is -0.00811. The van der Waals surface area contributed by atoms with Gasteiger partial charge < -0.3 is 19.9 Å². The Kier molecular flexibility index (Phi) is 8.84. The number of hydrogen-bond donors (Lipinski definition) is 1. The SMILES string of the molecule is CN=C(NCC(c1cccc(F)c1)N(C)C)N1CCOC(c2cnn(C)c2)C1.I. The molecule has 0 bridgehead atoms. The van der Waals surface area contributed by atoms with E-state index in [1.54, 1.807) is 23.9 Å². The highest BCUT2D eigenvalue weighted by Crippen LogP contribution is 2.22. The van der Waals surface area contributed by atoms with Gasteiger partial charge >= 0.3 is 0 Å². The molecule has 2 unspecified atom stereocenters. The lowest BCUT2D eigenvalue weighted by atomic mass is 10.1. The van der Waals surface area contributed by atoms with E-state index in [1.807, 2.05) is 39.6 Å². The number of guanidine groups is 1. The van der Waals surface area contributed by atoms with Gasteiger partial charge in [-0.15, -0.1) is 24.0 Å². The minimum atomic E-state index is -0.221. The second-order valence-corrected chi connectivity index (χ2v) is 7.22. The molecule has 1 fully saturated rings. The van der Waals surface area contributed by atoms with Gasteiger partial charge in [-0.1, -0.05) is 12.1 Å². The molecule has 1 aliphatic heterocycles. The van der Waals surface area contributed by atoms with E-state index in [1.165, 1.54) is 6.07 Å². The van der Waals surface area contributed by atoms with E-state index in [9.17, 15) is 4.39 Å². The third kappa shape index (κ3) is 6.13. The van der Waals surface area contributed by atoms with Crippen molar-refractivity contribution in [2.24, 2.45) is 12.0 Å².